The highest BCUT2D eigenvalue weighted by molar-refractivity contribution is 5.73. The van der Waals surface area contributed by atoms with Crippen LogP contribution in [0.2, 0.25) is 0 Å². The van der Waals surface area contributed by atoms with Gasteiger partial charge in [0.2, 0.25) is 0 Å². The van der Waals surface area contributed by atoms with Crippen molar-refractivity contribution in [1.29, 1.82) is 0 Å². The number of hydrogen-bond acceptors (Lipinski definition) is 3. The van der Waals surface area contributed by atoms with Crippen LogP contribution in [0.25, 0.3) is 11.0 Å². The average molecular weight is 286 g/mol. The molecule has 1 fully saturated rings. The molecule has 1 aromatic carbocycles. The van der Waals surface area contributed by atoms with Crippen LogP contribution >= 0.6 is 0 Å². The number of likely N-dealkylation sites (tertiary alicyclic amines) is 1. The Morgan fingerprint density at radius 1 is 1.10 bits per heavy atom. The van der Waals surface area contributed by atoms with Crippen molar-refractivity contribution in [1.82, 2.24) is 19.9 Å². The molecule has 0 atom stereocenters. The van der Waals surface area contributed by atoms with Crippen molar-refractivity contribution in [3.8, 4) is 0 Å². The predicted molar refractivity (Wildman–Crippen MR) is 86.4 cm³/mol. The lowest BCUT2D eigenvalue weighted by Crippen LogP contribution is -2.35. The van der Waals surface area contributed by atoms with Crippen molar-refractivity contribution in [2.75, 3.05) is 19.6 Å². The molecule has 0 aliphatic carbocycles. The van der Waals surface area contributed by atoms with E-state index in [0.29, 0.717) is 6.04 Å². The lowest BCUT2D eigenvalue weighted by atomic mass is 10.0. The summed E-state index contributed by atoms with van der Waals surface area (Å²) >= 11 is 0. The van der Waals surface area contributed by atoms with Crippen LogP contribution in [0.4, 0.5) is 0 Å². The maximum absolute atomic E-state index is 4.38. The molecule has 1 aromatic heterocycles. The molecule has 0 unspecified atom stereocenters. The fourth-order valence-electron chi connectivity index (χ4n) is 3.31. The third-order valence-corrected chi connectivity index (χ3v) is 4.61. The molecule has 1 aliphatic heterocycles. The number of aromatic nitrogens is 3. The van der Waals surface area contributed by atoms with Crippen LogP contribution in [-0.2, 0) is 0 Å². The standard InChI is InChI=1S/C17H26N4/c1-2-3-4-7-12-20-13-10-15(11-14-20)21-17-9-6-5-8-16(17)18-19-21/h5-6,8-9,15H,2-4,7,10-14H2,1H3. The molecule has 0 saturated carbocycles. The van der Waals surface area contributed by atoms with Crippen LogP contribution in [0.3, 0.4) is 0 Å². The Morgan fingerprint density at radius 2 is 1.90 bits per heavy atom. The highest BCUT2D eigenvalue weighted by atomic mass is 15.4. The van der Waals surface area contributed by atoms with Crippen LogP contribution in [0.15, 0.2) is 24.3 Å². The Hall–Kier alpha value is -1.42. The summed E-state index contributed by atoms with van der Waals surface area (Å²) in [5.41, 5.74) is 2.19. The van der Waals surface area contributed by atoms with E-state index < -0.39 is 0 Å². The summed E-state index contributed by atoms with van der Waals surface area (Å²) in [6.07, 6.45) is 7.82. The first kappa shape index (κ1) is 14.5. The molecular formula is C17H26N4. The summed E-state index contributed by atoms with van der Waals surface area (Å²) in [6, 6.07) is 8.80. The topological polar surface area (TPSA) is 34.0 Å². The van der Waals surface area contributed by atoms with Gasteiger partial charge in [-0.15, -0.1) is 5.10 Å². The van der Waals surface area contributed by atoms with Gasteiger partial charge in [-0.3, -0.25) is 0 Å². The second kappa shape index (κ2) is 7.03. The van der Waals surface area contributed by atoms with Crippen LogP contribution in [0, 0.1) is 0 Å². The van der Waals surface area contributed by atoms with Gasteiger partial charge in [0, 0.05) is 13.1 Å². The molecule has 0 bridgehead atoms. The molecule has 0 N–H and O–H groups in total. The first-order valence-corrected chi connectivity index (χ1v) is 8.41. The first-order chi connectivity index (χ1) is 10.4. The minimum Gasteiger partial charge on any atom is -0.303 e. The van der Waals surface area contributed by atoms with E-state index in [9.17, 15) is 0 Å². The number of para-hydroxylation sites is 1. The summed E-state index contributed by atoms with van der Waals surface area (Å²) in [5.74, 6) is 0. The largest absolute Gasteiger partial charge is 0.303 e. The Morgan fingerprint density at radius 3 is 2.71 bits per heavy atom. The van der Waals surface area contributed by atoms with Crippen molar-refractivity contribution >= 4 is 11.0 Å². The van der Waals surface area contributed by atoms with E-state index in [4.69, 9.17) is 0 Å². The fraction of sp³-hybridized carbons (Fsp3) is 0.647. The van der Waals surface area contributed by atoms with Crippen molar-refractivity contribution in [2.45, 2.75) is 51.5 Å². The van der Waals surface area contributed by atoms with Gasteiger partial charge in [-0.05, 0) is 37.9 Å². The molecule has 3 rings (SSSR count). The second-order valence-corrected chi connectivity index (χ2v) is 6.16. The van der Waals surface area contributed by atoms with E-state index in [2.05, 4.69) is 39.0 Å². The molecule has 1 aliphatic rings. The van der Waals surface area contributed by atoms with Gasteiger partial charge >= 0.3 is 0 Å². The predicted octanol–water partition coefficient (Wildman–Crippen LogP) is 3.65. The molecule has 0 spiro atoms. The minimum atomic E-state index is 0.518. The zero-order valence-electron chi connectivity index (χ0n) is 13.0. The minimum absolute atomic E-state index is 0.518. The third-order valence-electron chi connectivity index (χ3n) is 4.61. The maximum atomic E-state index is 4.38. The highest BCUT2D eigenvalue weighted by Crippen LogP contribution is 2.25. The van der Waals surface area contributed by atoms with Crippen LogP contribution in [0.5, 0.6) is 0 Å². The van der Waals surface area contributed by atoms with E-state index in [-0.39, 0.29) is 0 Å². The number of hydrogen-bond donors (Lipinski definition) is 0. The molecule has 114 valence electrons. The number of benzene rings is 1. The lowest BCUT2D eigenvalue weighted by molar-refractivity contribution is 0.178. The molecule has 21 heavy (non-hydrogen) atoms. The number of unbranched alkanes of at least 4 members (excludes halogenated alkanes) is 3. The van der Waals surface area contributed by atoms with Crippen molar-refractivity contribution < 1.29 is 0 Å². The second-order valence-electron chi connectivity index (χ2n) is 6.16. The van der Waals surface area contributed by atoms with E-state index in [1.807, 2.05) is 12.1 Å². The van der Waals surface area contributed by atoms with Gasteiger partial charge in [-0.2, -0.15) is 0 Å². The molecule has 0 radical (unpaired) electrons. The summed E-state index contributed by atoms with van der Waals surface area (Å²) in [5, 5.41) is 8.66. The number of piperidine rings is 1. The zero-order valence-corrected chi connectivity index (χ0v) is 13.0. The van der Waals surface area contributed by atoms with E-state index in [1.54, 1.807) is 0 Å². The Balaban J connectivity index is 1.54. The number of rotatable bonds is 6. The third kappa shape index (κ3) is 3.43. The maximum Gasteiger partial charge on any atom is 0.113 e. The smallest absolute Gasteiger partial charge is 0.113 e. The monoisotopic (exact) mass is 286 g/mol. The van der Waals surface area contributed by atoms with Gasteiger partial charge in [-0.25, -0.2) is 4.68 Å². The van der Waals surface area contributed by atoms with Gasteiger partial charge in [0.1, 0.15) is 5.52 Å². The van der Waals surface area contributed by atoms with Gasteiger partial charge in [-0.1, -0.05) is 43.5 Å². The molecule has 2 heterocycles. The highest BCUT2D eigenvalue weighted by Gasteiger charge is 2.22. The number of nitrogens with zero attached hydrogens (tertiary/aromatic N) is 4. The fourth-order valence-corrected chi connectivity index (χ4v) is 3.31. The average Bonchev–Trinajstić information content (AvgIpc) is 2.96. The normalized spacial score (nSPS) is 17.6. The first-order valence-electron chi connectivity index (χ1n) is 8.41. The SMILES string of the molecule is CCCCCCN1CCC(n2nnc3ccccc32)CC1. The Bertz CT molecular complexity index is 555. The summed E-state index contributed by atoms with van der Waals surface area (Å²) in [6.45, 7) is 5.94. The van der Waals surface area contributed by atoms with Crippen LogP contribution in [0.1, 0.15) is 51.5 Å². The zero-order chi connectivity index (χ0) is 14.5. The number of fused-ring (bicyclic) bond motifs is 1. The quantitative estimate of drug-likeness (QED) is 0.760. The Kier molecular flexibility index (Phi) is 4.86. The molecule has 2 aromatic rings. The van der Waals surface area contributed by atoms with Gasteiger partial charge < -0.3 is 4.90 Å². The molecule has 1 saturated heterocycles. The van der Waals surface area contributed by atoms with Crippen LogP contribution < -0.4 is 0 Å². The van der Waals surface area contributed by atoms with E-state index in [0.717, 1.165) is 5.52 Å². The van der Waals surface area contributed by atoms with Gasteiger partial charge in [0.15, 0.2) is 0 Å². The van der Waals surface area contributed by atoms with Crippen molar-refractivity contribution in [3.63, 3.8) is 0 Å². The van der Waals surface area contributed by atoms with E-state index >= 15 is 0 Å². The molecular weight excluding hydrogens is 260 g/mol. The lowest BCUT2D eigenvalue weighted by Gasteiger charge is -2.32. The molecule has 4 nitrogen and oxygen atoms in total. The molecule has 0 amide bonds. The summed E-state index contributed by atoms with van der Waals surface area (Å²) in [7, 11) is 0. The molecule has 4 heteroatoms. The van der Waals surface area contributed by atoms with Gasteiger partial charge in [0.25, 0.3) is 0 Å². The van der Waals surface area contributed by atoms with E-state index in [1.165, 1.54) is 63.7 Å². The van der Waals surface area contributed by atoms with Crippen LogP contribution in [-0.4, -0.2) is 39.5 Å². The summed E-state index contributed by atoms with van der Waals surface area (Å²) in [4.78, 5) is 2.62. The van der Waals surface area contributed by atoms with Crippen molar-refractivity contribution in [2.24, 2.45) is 0 Å². The Labute approximate surface area is 127 Å². The van der Waals surface area contributed by atoms with Gasteiger partial charge in [0.05, 0.1) is 11.6 Å². The van der Waals surface area contributed by atoms with Crippen molar-refractivity contribution in [3.05, 3.63) is 24.3 Å². The summed E-state index contributed by atoms with van der Waals surface area (Å²) < 4.78 is 2.14.